The quantitative estimate of drug-likeness (QED) is 0.741. The van der Waals surface area contributed by atoms with Gasteiger partial charge in [-0.2, -0.15) is 0 Å². The van der Waals surface area contributed by atoms with E-state index in [1.807, 2.05) is 36.4 Å². The summed E-state index contributed by atoms with van der Waals surface area (Å²) in [6.45, 7) is 0.622. The van der Waals surface area contributed by atoms with Gasteiger partial charge in [-0.3, -0.25) is 9.78 Å². The lowest BCUT2D eigenvalue weighted by Gasteiger charge is -2.19. The minimum atomic E-state index is -0.153. The highest BCUT2D eigenvalue weighted by atomic mass is 35.5. The molecule has 4 rings (SSSR count). The van der Waals surface area contributed by atoms with Crippen molar-refractivity contribution in [3.8, 4) is 5.75 Å². The number of H-pyrrole nitrogens is 1. The number of rotatable bonds is 2. The molecular weight excluding hydrogens is 326 g/mol. The number of aromatic nitrogens is 2. The van der Waals surface area contributed by atoms with Crippen LogP contribution in [0.2, 0.25) is 5.02 Å². The summed E-state index contributed by atoms with van der Waals surface area (Å²) in [6, 6.07) is 13.0. The van der Waals surface area contributed by atoms with E-state index in [4.69, 9.17) is 16.3 Å². The van der Waals surface area contributed by atoms with Gasteiger partial charge < -0.3 is 10.1 Å². The predicted molar refractivity (Wildman–Crippen MR) is 94.9 cm³/mol. The van der Waals surface area contributed by atoms with Crippen molar-refractivity contribution in [3.63, 3.8) is 0 Å². The molecule has 0 saturated heterocycles. The van der Waals surface area contributed by atoms with Gasteiger partial charge in [-0.1, -0.05) is 35.9 Å². The summed E-state index contributed by atoms with van der Waals surface area (Å²) in [7, 11) is 0. The van der Waals surface area contributed by atoms with Gasteiger partial charge in [0.1, 0.15) is 5.75 Å². The number of halogens is 1. The zero-order valence-corrected chi connectivity index (χ0v) is 13.6. The van der Waals surface area contributed by atoms with Gasteiger partial charge in [-0.05, 0) is 31.0 Å². The maximum atomic E-state index is 12.2. The second-order valence-corrected chi connectivity index (χ2v) is 6.18. The van der Waals surface area contributed by atoms with Crippen LogP contribution in [-0.2, 0) is 0 Å². The molecule has 0 fully saturated rings. The summed E-state index contributed by atoms with van der Waals surface area (Å²) in [4.78, 5) is 19.6. The van der Waals surface area contributed by atoms with Crippen LogP contribution in [0, 0.1) is 0 Å². The molecule has 1 unspecified atom stereocenters. The van der Waals surface area contributed by atoms with E-state index in [9.17, 15) is 4.79 Å². The first-order valence-corrected chi connectivity index (χ1v) is 8.27. The second-order valence-electron chi connectivity index (χ2n) is 5.78. The molecule has 0 radical (unpaired) electrons. The Morgan fingerprint density at radius 2 is 2.08 bits per heavy atom. The Morgan fingerprint density at radius 1 is 1.21 bits per heavy atom. The van der Waals surface area contributed by atoms with Crippen molar-refractivity contribution in [3.05, 3.63) is 63.4 Å². The molecule has 0 bridgehead atoms. The van der Waals surface area contributed by atoms with Gasteiger partial charge in [-0.15, -0.1) is 0 Å². The zero-order valence-electron chi connectivity index (χ0n) is 12.9. The van der Waals surface area contributed by atoms with E-state index in [0.717, 1.165) is 18.4 Å². The molecule has 0 saturated carbocycles. The molecule has 1 atom stereocenters. The molecule has 2 heterocycles. The smallest absolute Gasteiger partial charge is 0.260 e. The molecule has 1 aromatic heterocycles. The lowest BCUT2D eigenvalue weighted by molar-refractivity contribution is 0.316. The summed E-state index contributed by atoms with van der Waals surface area (Å²) in [5, 5.41) is 4.51. The number of benzene rings is 2. The molecule has 1 aliphatic rings. The lowest BCUT2D eigenvalue weighted by Crippen LogP contribution is -2.17. The zero-order chi connectivity index (χ0) is 16.5. The normalized spacial score (nSPS) is 17.0. The topological polar surface area (TPSA) is 67.0 Å². The van der Waals surface area contributed by atoms with Crippen LogP contribution in [0.4, 0.5) is 5.95 Å². The van der Waals surface area contributed by atoms with E-state index in [2.05, 4.69) is 15.3 Å². The van der Waals surface area contributed by atoms with Crippen molar-refractivity contribution < 1.29 is 4.74 Å². The first-order chi connectivity index (χ1) is 11.7. The standard InChI is InChI=1S/C18H16ClN3O2/c19-13-7-3-6-11-14(9-4-10-24-16(11)13)20-18-21-15-8-2-1-5-12(15)17(23)22-18/h1-3,5-8,14H,4,9-10H2,(H2,20,21,22,23). The van der Waals surface area contributed by atoms with E-state index in [1.54, 1.807) is 6.07 Å². The molecule has 2 N–H and O–H groups in total. The number of anilines is 1. The molecule has 122 valence electrons. The maximum Gasteiger partial charge on any atom is 0.260 e. The van der Waals surface area contributed by atoms with Crippen LogP contribution in [0.5, 0.6) is 5.75 Å². The van der Waals surface area contributed by atoms with Gasteiger partial charge in [0.05, 0.1) is 28.6 Å². The van der Waals surface area contributed by atoms with Gasteiger partial charge >= 0.3 is 0 Å². The summed E-state index contributed by atoms with van der Waals surface area (Å²) in [5.74, 6) is 1.16. The number of para-hydroxylation sites is 2. The Hall–Kier alpha value is -2.53. The number of hydrogen-bond donors (Lipinski definition) is 2. The molecule has 0 aliphatic carbocycles. The summed E-state index contributed by atoms with van der Waals surface area (Å²) in [5.41, 5.74) is 1.50. The summed E-state index contributed by atoms with van der Waals surface area (Å²) in [6.07, 6.45) is 1.75. The van der Waals surface area contributed by atoms with Gasteiger partial charge in [-0.25, -0.2) is 4.98 Å². The van der Waals surface area contributed by atoms with Gasteiger partial charge in [0.15, 0.2) is 0 Å². The average molecular weight is 342 g/mol. The highest BCUT2D eigenvalue weighted by Crippen LogP contribution is 2.38. The molecule has 1 aliphatic heterocycles. The van der Waals surface area contributed by atoms with Crippen LogP contribution in [0.1, 0.15) is 24.4 Å². The van der Waals surface area contributed by atoms with Crippen molar-refractivity contribution in [1.82, 2.24) is 9.97 Å². The Balaban J connectivity index is 1.73. The number of nitrogens with zero attached hydrogens (tertiary/aromatic N) is 1. The molecule has 0 amide bonds. The number of fused-ring (bicyclic) bond motifs is 2. The van der Waals surface area contributed by atoms with Gasteiger partial charge in [0.2, 0.25) is 5.95 Å². The Bertz CT molecular complexity index is 954. The highest BCUT2D eigenvalue weighted by molar-refractivity contribution is 6.32. The minimum Gasteiger partial charge on any atom is -0.492 e. The molecular formula is C18H16ClN3O2. The van der Waals surface area contributed by atoms with Gasteiger partial charge in [0.25, 0.3) is 5.56 Å². The van der Waals surface area contributed by atoms with E-state index >= 15 is 0 Å². The van der Waals surface area contributed by atoms with Crippen LogP contribution in [0.25, 0.3) is 10.9 Å². The third-order valence-electron chi connectivity index (χ3n) is 4.18. The minimum absolute atomic E-state index is 0.0227. The maximum absolute atomic E-state index is 12.2. The number of hydrogen-bond acceptors (Lipinski definition) is 4. The number of ether oxygens (including phenoxy) is 1. The molecule has 24 heavy (non-hydrogen) atoms. The van der Waals surface area contributed by atoms with E-state index in [0.29, 0.717) is 34.2 Å². The largest absolute Gasteiger partial charge is 0.492 e. The van der Waals surface area contributed by atoms with E-state index < -0.39 is 0 Å². The third kappa shape index (κ3) is 2.71. The third-order valence-corrected chi connectivity index (χ3v) is 4.48. The summed E-state index contributed by atoms with van der Waals surface area (Å²) < 4.78 is 5.78. The fraction of sp³-hybridized carbons (Fsp3) is 0.222. The predicted octanol–water partition coefficient (Wildman–Crippen LogP) is 3.90. The molecule has 2 aromatic carbocycles. The second kappa shape index (κ2) is 6.17. The molecule has 3 aromatic rings. The van der Waals surface area contributed by atoms with Crippen molar-refractivity contribution in [1.29, 1.82) is 0 Å². The average Bonchev–Trinajstić information content (AvgIpc) is 2.79. The molecule has 0 spiro atoms. The van der Waals surface area contributed by atoms with E-state index in [-0.39, 0.29) is 11.6 Å². The highest BCUT2D eigenvalue weighted by Gasteiger charge is 2.22. The fourth-order valence-corrected chi connectivity index (χ4v) is 3.28. The first-order valence-electron chi connectivity index (χ1n) is 7.89. The van der Waals surface area contributed by atoms with Crippen LogP contribution >= 0.6 is 11.6 Å². The Morgan fingerprint density at radius 3 is 3.00 bits per heavy atom. The van der Waals surface area contributed by atoms with Gasteiger partial charge in [0, 0.05) is 5.56 Å². The van der Waals surface area contributed by atoms with Crippen LogP contribution in [0.3, 0.4) is 0 Å². The van der Waals surface area contributed by atoms with Crippen LogP contribution in [-0.4, -0.2) is 16.6 Å². The fourth-order valence-electron chi connectivity index (χ4n) is 3.04. The number of aromatic amines is 1. The van der Waals surface area contributed by atoms with Crippen molar-refractivity contribution in [2.45, 2.75) is 18.9 Å². The van der Waals surface area contributed by atoms with Crippen LogP contribution < -0.4 is 15.6 Å². The SMILES string of the molecule is O=c1[nH]c(NC2CCCOc3c(Cl)cccc32)nc2ccccc12. The van der Waals surface area contributed by atoms with Crippen molar-refractivity contribution in [2.75, 3.05) is 11.9 Å². The van der Waals surface area contributed by atoms with Crippen molar-refractivity contribution in [2.24, 2.45) is 0 Å². The molecule has 5 nitrogen and oxygen atoms in total. The van der Waals surface area contributed by atoms with Crippen molar-refractivity contribution >= 4 is 28.5 Å². The lowest BCUT2D eigenvalue weighted by atomic mass is 10.0. The summed E-state index contributed by atoms with van der Waals surface area (Å²) >= 11 is 6.26. The monoisotopic (exact) mass is 341 g/mol. The number of nitrogens with one attached hydrogen (secondary N) is 2. The van der Waals surface area contributed by atoms with E-state index in [1.165, 1.54) is 0 Å². The Kier molecular flexibility index (Phi) is 3.86. The Labute approximate surface area is 143 Å². The first kappa shape index (κ1) is 15.0. The van der Waals surface area contributed by atoms with Crippen LogP contribution in [0.15, 0.2) is 47.3 Å². The molecule has 6 heteroatoms.